The Bertz CT molecular complexity index is 176. The lowest BCUT2D eigenvalue weighted by Crippen LogP contribution is -2.43. The molecule has 3 nitrogen and oxygen atoms in total. The summed E-state index contributed by atoms with van der Waals surface area (Å²) < 4.78 is 5.22. The first kappa shape index (κ1) is 11.5. The quantitative estimate of drug-likeness (QED) is 0.689. The molecule has 14 heavy (non-hydrogen) atoms. The van der Waals surface area contributed by atoms with Gasteiger partial charge in [-0.1, -0.05) is 26.7 Å². The Balaban J connectivity index is 2.30. The zero-order chi connectivity index (χ0) is 10.4. The second-order valence-electron chi connectivity index (χ2n) is 3.98. The van der Waals surface area contributed by atoms with E-state index in [4.69, 9.17) is 4.74 Å². The molecule has 0 aromatic carbocycles. The standard InChI is InChI=1S/C11H21NO2/c1-3-4-5-10(2)11(13)12-6-8-14-9-7-12/h10H,3-9H2,1-2H3. The molecule has 1 unspecified atom stereocenters. The van der Waals surface area contributed by atoms with Crippen molar-refractivity contribution in [1.82, 2.24) is 4.90 Å². The van der Waals surface area contributed by atoms with Crippen LogP contribution in [0.3, 0.4) is 0 Å². The van der Waals surface area contributed by atoms with E-state index in [-0.39, 0.29) is 5.92 Å². The van der Waals surface area contributed by atoms with Crippen LogP contribution in [0.15, 0.2) is 0 Å². The fraction of sp³-hybridized carbons (Fsp3) is 0.909. The Morgan fingerprint density at radius 2 is 2.07 bits per heavy atom. The smallest absolute Gasteiger partial charge is 0.225 e. The van der Waals surface area contributed by atoms with Gasteiger partial charge in [-0.05, 0) is 6.42 Å². The SMILES string of the molecule is CCCCC(C)C(=O)N1CCOCC1. The van der Waals surface area contributed by atoms with E-state index in [1.807, 2.05) is 11.8 Å². The molecule has 82 valence electrons. The minimum atomic E-state index is 0.188. The zero-order valence-electron chi connectivity index (χ0n) is 9.29. The second kappa shape index (κ2) is 6.02. The van der Waals surface area contributed by atoms with Crippen LogP contribution in [0.1, 0.15) is 33.1 Å². The van der Waals surface area contributed by atoms with Gasteiger partial charge in [-0.25, -0.2) is 0 Å². The molecule has 0 saturated carbocycles. The van der Waals surface area contributed by atoms with E-state index in [9.17, 15) is 4.79 Å². The molecule has 1 amide bonds. The van der Waals surface area contributed by atoms with Crippen LogP contribution in [0, 0.1) is 5.92 Å². The Morgan fingerprint density at radius 1 is 1.43 bits per heavy atom. The van der Waals surface area contributed by atoms with Crippen molar-refractivity contribution in [2.75, 3.05) is 26.3 Å². The third-order valence-electron chi connectivity index (χ3n) is 2.74. The van der Waals surface area contributed by atoms with Gasteiger partial charge in [0.25, 0.3) is 0 Å². The lowest BCUT2D eigenvalue weighted by Gasteiger charge is -2.29. The van der Waals surface area contributed by atoms with E-state index in [0.717, 1.165) is 25.9 Å². The van der Waals surface area contributed by atoms with Crippen LogP contribution in [0.5, 0.6) is 0 Å². The van der Waals surface area contributed by atoms with Crippen LogP contribution in [0.25, 0.3) is 0 Å². The van der Waals surface area contributed by atoms with Crippen molar-refractivity contribution in [3.63, 3.8) is 0 Å². The van der Waals surface area contributed by atoms with E-state index >= 15 is 0 Å². The van der Waals surface area contributed by atoms with Crippen molar-refractivity contribution in [2.45, 2.75) is 33.1 Å². The van der Waals surface area contributed by atoms with E-state index < -0.39 is 0 Å². The van der Waals surface area contributed by atoms with Crippen molar-refractivity contribution >= 4 is 5.91 Å². The summed E-state index contributed by atoms with van der Waals surface area (Å²) in [5.74, 6) is 0.495. The summed E-state index contributed by atoms with van der Waals surface area (Å²) in [6, 6.07) is 0. The average molecular weight is 199 g/mol. The highest BCUT2D eigenvalue weighted by Crippen LogP contribution is 2.12. The predicted octanol–water partition coefficient (Wildman–Crippen LogP) is 1.67. The monoisotopic (exact) mass is 199 g/mol. The van der Waals surface area contributed by atoms with Gasteiger partial charge in [-0.3, -0.25) is 4.79 Å². The molecule has 0 bridgehead atoms. The van der Waals surface area contributed by atoms with Gasteiger partial charge in [-0.15, -0.1) is 0 Å². The van der Waals surface area contributed by atoms with Gasteiger partial charge in [0.05, 0.1) is 13.2 Å². The number of hydrogen-bond donors (Lipinski definition) is 0. The van der Waals surface area contributed by atoms with Crippen molar-refractivity contribution in [3.8, 4) is 0 Å². The molecule has 1 aliphatic heterocycles. The molecule has 1 rings (SSSR count). The Labute approximate surface area is 86.4 Å². The van der Waals surface area contributed by atoms with Crippen molar-refractivity contribution < 1.29 is 9.53 Å². The summed E-state index contributed by atoms with van der Waals surface area (Å²) in [6.07, 6.45) is 3.34. The molecule has 3 heteroatoms. The molecule has 0 spiro atoms. The first-order valence-corrected chi connectivity index (χ1v) is 5.62. The van der Waals surface area contributed by atoms with Crippen LogP contribution in [0.4, 0.5) is 0 Å². The number of carbonyl (C=O) groups excluding carboxylic acids is 1. The summed E-state index contributed by atoms with van der Waals surface area (Å²) in [5.41, 5.74) is 0. The second-order valence-corrected chi connectivity index (χ2v) is 3.98. The fourth-order valence-electron chi connectivity index (χ4n) is 1.73. The average Bonchev–Trinajstić information content (AvgIpc) is 2.26. The minimum absolute atomic E-state index is 0.188. The molecule has 1 heterocycles. The molecule has 0 aromatic rings. The van der Waals surface area contributed by atoms with Gasteiger partial charge >= 0.3 is 0 Å². The third kappa shape index (κ3) is 3.29. The molecule has 1 aliphatic rings. The first-order chi connectivity index (χ1) is 6.75. The Morgan fingerprint density at radius 3 is 2.64 bits per heavy atom. The fourth-order valence-corrected chi connectivity index (χ4v) is 1.73. The normalized spacial score (nSPS) is 19.4. The van der Waals surface area contributed by atoms with Crippen LogP contribution in [0.2, 0.25) is 0 Å². The highest BCUT2D eigenvalue weighted by atomic mass is 16.5. The van der Waals surface area contributed by atoms with Gasteiger partial charge in [0.2, 0.25) is 5.91 Å². The lowest BCUT2D eigenvalue weighted by atomic mass is 10.0. The maximum Gasteiger partial charge on any atom is 0.225 e. The van der Waals surface area contributed by atoms with E-state index in [0.29, 0.717) is 19.1 Å². The van der Waals surface area contributed by atoms with Gasteiger partial charge in [0.15, 0.2) is 0 Å². The number of rotatable bonds is 4. The lowest BCUT2D eigenvalue weighted by molar-refractivity contribution is -0.139. The summed E-state index contributed by atoms with van der Waals surface area (Å²) in [5, 5.41) is 0. The third-order valence-corrected chi connectivity index (χ3v) is 2.74. The molecule has 0 aromatic heterocycles. The molecule has 0 aliphatic carbocycles. The van der Waals surface area contributed by atoms with Crippen molar-refractivity contribution in [1.29, 1.82) is 0 Å². The van der Waals surface area contributed by atoms with E-state index in [2.05, 4.69) is 6.92 Å². The van der Waals surface area contributed by atoms with E-state index in [1.54, 1.807) is 0 Å². The number of hydrogen-bond acceptors (Lipinski definition) is 2. The molecular weight excluding hydrogens is 178 g/mol. The van der Waals surface area contributed by atoms with Crippen LogP contribution >= 0.6 is 0 Å². The molecule has 0 N–H and O–H groups in total. The van der Waals surface area contributed by atoms with Crippen LogP contribution in [-0.2, 0) is 9.53 Å². The number of nitrogens with zero attached hydrogens (tertiary/aromatic N) is 1. The number of unbranched alkanes of at least 4 members (excludes halogenated alkanes) is 1. The zero-order valence-corrected chi connectivity index (χ0v) is 9.29. The number of morpholine rings is 1. The van der Waals surface area contributed by atoms with Crippen molar-refractivity contribution in [3.05, 3.63) is 0 Å². The van der Waals surface area contributed by atoms with Gasteiger partial charge in [-0.2, -0.15) is 0 Å². The van der Waals surface area contributed by atoms with Gasteiger partial charge in [0.1, 0.15) is 0 Å². The van der Waals surface area contributed by atoms with Crippen molar-refractivity contribution in [2.24, 2.45) is 5.92 Å². The highest BCUT2D eigenvalue weighted by molar-refractivity contribution is 5.78. The maximum atomic E-state index is 11.9. The molecule has 1 fully saturated rings. The molecule has 1 atom stereocenters. The number of ether oxygens (including phenoxy) is 1. The Kier molecular flexibility index (Phi) is 4.94. The summed E-state index contributed by atoms with van der Waals surface area (Å²) >= 11 is 0. The Hall–Kier alpha value is -0.570. The number of amides is 1. The first-order valence-electron chi connectivity index (χ1n) is 5.62. The van der Waals surface area contributed by atoms with Crippen LogP contribution < -0.4 is 0 Å². The number of carbonyl (C=O) groups is 1. The molecular formula is C11H21NO2. The topological polar surface area (TPSA) is 29.5 Å². The van der Waals surface area contributed by atoms with Gasteiger partial charge < -0.3 is 9.64 Å². The van der Waals surface area contributed by atoms with Gasteiger partial charge in [0, 0.05) is 19.0 Å². The highest BCUT2D eigenvalue weighted by Gasteiger charge is 2.21. The molecule has 0 radical (unpaired) electrons. The molecule has 1 saturated heterocycles. The minimum Gasteiger partial charge on any atom is -0.378 e. The summed E-state index contributed by atoms with van der Waals surface area (Å²) in [6.45, 7) is 7.14. The summed E-state index contributed by atoms with van der Waals surface area (Å²) in [7, 11) is 0. The summed E-state index contributed by atoms with van der Waals surface area (Å²) in [4.78, 5) is 13.8. The maximum absolute atomic E-state index is 11.9. The predicted molar refractivity (Wildman–Crippen MR) is 56.1 cm³/mol. The largest absolute Gasteiger partial charge is 0.378 e. The van der Waals surface area contributed by atoms with E-state index in [1.165, 1.54) is 6.42 Å². The van der Waals surface area contributed by atoms with Crippen LogP contribution in [-0.4, -0.2) is 37.1 Å².